The number of carbonyl (C=O) groups is 1. The van der Waals surface area contributed by atoms with Gasteiger partial charge in [0.25, 0.3) is 0 Å². The third-order valence-corrected chi connectivity index (χ3v) is 2.43. The van der Waals surface area contributed by atoms with Gasteiger partial charge in [0.1, 0.15) is 0 Å². The molecule has 3 heteroatoms. The molecule has 15 heavy (non-hydrogen) atoms. The Morgan fingerprint density at radius 1 is 1.40 bits per heavy atom. The monoisotopic (exact) mass is 208 g/mol. The zero-order valence-corrected chi connectivity index (χ0v) is 9.06. The second kappa shape index (κ2) is 5.51. The van der Waals surface area contributed by atoms with E-state index in [4.69, 9.17) is 5.11 Å². The zero-order valence-electron chi connectivity index (χ0n) is 9.06. The number of methoxy groups -OCH3 is 1. The molecule has 82 valence electrons. The second-order valence-electron chi connectivity index (χ2n) is 3.58. The molecule has 0 spiro atoms. The lowest BCUT2D eigenvalue weighted by atomic mass is 9.97. The maximum atomic E-state index is 11.1. The van der Waals surface area contributed by atoms with E-state index in [0.717, 1.165) is 11.1 Å². The molecule has 0 bridgehead atoms. The molecule has 1 rings (SSSR count). The maximum absolute atomic E-state index is 11.1. The highest BCUT2D eigenvalue weighted by Crippen LogP contribution is 2.19. The van der Waals surface area contributed by atoms with Gasteiger partial charge in [-0.05, 0) is 17.0 Å². The molecule has 1 aromatic rings. The lowest BCUT2D eigenvalue weighted by Gasteiger charge is -2.10. The predicted octanol–water partition coefficient (Wildman–Crippen LogP) is 1.85. The fourth-order valence-corrected chi connectivity index (χ4v) is 1.40. The van der Waals surface area contributed by atoms with Crippen LogP contribution in [0.1, 0.15) is 30.4 Å². The highest BCUT2D eigenvalue weighted by atomic mass is 16.5. The Bertz CT molecular complexity index is 316. The third-order valence-electron chi connectivity index (χ3n) is 2.43. The van der Waals surface area contributed by atoms with Gasteiger partial charge >= 0.3 is 5.97 Å². The van der Waals surface area contributed by atoms with Crippen LogP contribution in [0.4, 0.5) is 0 Å². The molecule has 0 amide bonds. The van der Waals surface area contributed by atoms with E-state index in [1.165, 1.54) is 7.11 Å². The molecule has 3 nitrogen and oxygen atoms in total. The number of carbonyl (C=O) groups excluding carboxylic acids is 1. The van der Waals surface area contributed by atoms with Gasteiger partial charge in [0, 0.05) is 0 Å². The minimum absolute atomic E-state index is 0.0473. The normalized spacial score (nSPS) is 12.2. The van der Waals surface area contributed by atoms with Crippen LogP contribution in [0.3, 0.4) is 0 Å². The van der Waals surface area contributed by atoms with Crippen LogP contribution < -0.4 is 0 Å². The smallest absolute Gasteiger partial charge is 0.306 e. The van der Waals surface area contributed by atoms with E-state index in [-0.39, 0.29) is 18.5 Å². The van der Waals surface area contributed by atoms with Crippen LogP contribution in [0, 0.1) is 0 Å². The average molecular weight is 208 g/mol. The Hall–Kier alpha value is -1.35. The van der Waals surface area contributed by atoms with Gasteiger partial charge in [-0.15, -0.1) is 0 Å². The Morgan fingerprint density at radius 3 is 2.47 bits per heavy atom. The number of benzene rings is 1. The van der Waals surface area contributed by atoms with Gasteiger partial charge in [0.05, 0.1) is 20.1 Å². The van der Waals surface area contributed by atoms with Crippen molar-refractivity contribution in [2.75, 3.05) is 7.11 Å². The Balaban J connectivity index is 2.65. The minimum Gasteiger partial charge on any atom is -0.469 e. The summed E-state index contributed by atoms with van der Waals surface area (Å²) in [5.41, 5.74) is 1.96. The summed E-state index contributed by atoms with van der Waals surface area (Å²) in [4.78, 5) is 11.1. The molecule has 0 aliphatic heterocycles. The van der Waals surface area contributed by atoms with Crippen LogP contribution in [0.15, 0.2) is 24.3 Å². The van der Waals surface area contributed by atoms with Gasteiger partial charge in [0.2, 0.25) is 0 Å². The van der Waals surface area contributed by atoms with E-state index >= 15 is 0 Å². The average Bonchev–Trinajstić information content (AvgIpc) is 2.29. The molecule has 0 aliphatic rings. The van der Waals surface area contributed by atoms with E-state index in [2.05, 4.69) is 4.74 Å². The van der Waals surface area contributed by atoms with Crippen molar-refractivity contribution in [3.63, 3.8) is 0 Å². The molecule has 1 unspecified atom stereocenters. The van der Waals surface area contributed by atoms with Gasteiger partial charge in [-0.25, -0.2) is 0 Å². The first-order chi connectivity index (χ1) is 7.17. The summed E-state index contributed by atoms with van der Waals surface area (Å²) in [6.45, 7) is 2.02. The van der Waals surface area contributed by atoms with Crippen molar-refractivity contribution in [3.8, 4) is 0 Å². The van der Waals surface area contributed by atoms with Crippen LogP contribution in [0.5, 0.6) is 0 Å². The molecular formula is C12H16O3. The van der Waals surface area contributed by atoms with Crippen molar-refractivity contribution in [2.24, 2.45) is 0 Å². The second-order valence-corrected chi connectivity index (χ2v) is 3.58. The molecule has 0 aliphatic carbocycles. The predicted molar refractivity (Wildman–Crippen MR) is 57.4 cm³/mol. The van der Waals surface area contributed by atoms with Crippen LogP contribution >= 0.6 is 0 Å². The summed E-state index contributed by atoms with van der Waals surface area (Å²) in [7, 11) is 1.39. The number of hydrogen-bond acceptors (Lipinski definition) is 3. The van der Waals surface area contributed by atoms with E-state index in [1.807, 2.05) is 31.2 Å². The van der Waals surface area contributed by atoms with E-state index in [1.54, 1.807) is 0 Å². The Labute approximate surface area is 89.7 Å². The molecule has 0 fully saturated rings. The third kappa shape index (κ3) is 3.36. The Kier molecular flexibility index (Phi) is 4.31. The zero-order chi connectivity index (χ0) is 11.3. The minimum atomic E-state index is -0.200. The van der Waals surface area contributed by atoms with Crippen molar-refractivity contribution >= 4 is 5.97 Å². The number of aliphatic hydroxyl groups is 1. The van der Waals surface area contributed by atoms with Gasteiger partial charge in [-0.1, -0.05) is 31.2 Å². The number of rotatable bonds is 4. The molecule has 0 saturated carbocycles. The van der Waals surface area contributed by atoms with Gasteiger partial charge < -0.3 is 9.84 Å². The van der Waals surface area contributed by atoms with Crippen LogP contribution in [-0.2, 0) is 16.1 Å². The molecule has 0 heterocycles. The lowest BCUT2D eigenvalue weighted by molar-refractivity contribution is -0.140. The van der Waals surface area contributed by atoms with Crippen LogP contribution in [0.25, 0.3) is 0 Å². The molecule has 0 aromatic heterocycles. The molecule has 0 radical (unpaired) electrons. The van der Waals surface area contributed by atoms with Crippen molar-refractivity contribution in [3.05, 3.63) is 35.4 Å². The molecule has 1 atom stereocenters. The van der Waals surface area contributed by atoms with Gasteiger partial charge in [0.15, 0.2) is 0 Å². The number of esters is 1. The first-order valence-corrected chi connectivity index (χ1v) is 4.94. The topological polar surface area (TPSA) is 46.5 Å². The van der Waals surface area contributed by atoms with E-state index < -0.39 is 0 Å². The summed E-state index contributed by atoms with van der Waals surface area (Å²) in [5.74, 6) is -0.0565. The van der Waals surface area contributed by atoms with Gasteiger partial charge in [-0.3, -0.25) is 4.79 Å². The van der Waals surface area contributed by atoms with Crippen LogP contribution in [0.2, 0.25) is 0 Å². The summed E-state index contributed by atoms with van der Waals surface area (Å²) >= 11 is 0. The lowest BCUT2D eigenvalue weighted by Crippen LogP contribution is -2.05. The number of hydrogen-bond donors (Lipinski definition) is 1. The SMILES string of the molecule is COC(=O)CC(C)c1ccc(CO)cc1. The van der Waals surface area contributed by atoms with Gasteiger partial charge in [-0.2, -0.15) is 0 Å². The first-order valence-electron chi connectivity index (χ1n) is 4.94. The fourth-order valence-electron chi connectivity index (χ4n) is 1.40. The molecular weight excluding hydrogens is 192 g/mol. The van der Waals surface area contributed by atoms with Crippen molar-refractivity contribution < 1.29 is 14.6 Å². The fraction of sp³-hybridized carbons (Fsp3) is 0.417. The summed E-state index contributed by atoms with van der Waals surface area (Å²) in [5, 5.41) is 8.88. The summed E-state index contributed by atoms with van der Waals surface area (Å²) < 4.78 is 4.61. The summed E-state index contributed by atoms with van der Waals surface area (Å²) in [6.07, 6.45) is 0.384. The molecule has 1 aromatic carbocycles. The quantitative estimate of drug-likeness (QED) is 0.768. The standard InChI is InChI=1S/C12H16O3/c1-9(7-12(14)15-2)11-5-3-10(8-13)4-6-11/h3-6,9,13H,7-8H2,1-2H3. The summed E-state index contributed by atoms with van der Waals surface area (Å²) in [6, 6.07) is 7.59. The number of aliphatic hydroxyl groups excluding tert-OH is 1. The largest absolute Gasteiger partial charge is 0.469 e. The van der Waals surface area contributed by atoms with E-state index in [9.17, 15) is 4.79 Å². The van der Waals surface area contributed by atoms with Crippen molar-refractivity contribution in [2.45, 2.75) is 25.9 Å². The highest BCUT2D eigenvalue weighted by molar-refractivity contribution is 5.70. The van der Waals surface area contributed by atoms with Crippen molar-refractivity contribution in [1.29, 1.82) is 0 Å². The highest BCUT2D eigenvalue weighted by Gasteiger charge is 2.10. The van der Waals surface area contributed by atoms with E-state index in [0.29, 0.717) is 6.42 Å². The Morgan fingerprint density at radius 2 is 2.00 bits per heavy atom. The molecule has 1 N–H and O–H groups in total. The van der Waals surface area contributed by atoms with Crippen LogP contribution in [-0.4, -0.2) is 18.2 Å². The maximum Gasteiger partial charge on any atom is 0.306 e. The molecule has 0 saturated heterocycles. The van der Waals surface area contributed by atoms with Crippen molar-refractivity contribution in [1.82, 2.24) is 0 Å². The number of ether oxygens (including phenoxy) is 1. The first kappa shape index (κ1) is 11.7.